The molecule has 1 aliphatic heterocycles. The summed E-state index contributed by atoms with van der Waals surface area (Å²) in [5, 5.41) is 10.6. The van der Waals surface area contributed by atoms with E-state index in [0.29, 0.717) is 17.5 Å². The van der Waals surface area contributed by atoms with Crippen LogP contribution in [0.1, 0.15) is 79.1 Å². The Morgan fingerprint density at radius 2 is 1.80 bits per heavy atom. The first-order valence-corrected chi connectivity index (χ1v) is 8.87. The average molecular weight is 281 g/mol. The zero-order valence-electron chi connectivity index (χ0n) is 14.1. The predicted molar refractivity (Wildman–Crippen MR) is 85.8 cm³/mol. The van der Waals surface area contributed by atoms with E-state index in [1.807, 2.05) is 0 Å². The van der Waals surface area contributed by atoms with Crippen LogP contribution in [0.3, 0.4) is 0 Å². The van der Waals surface area contributed by atoms with Crippen molar-refractivity contribution in [1.82, 2.24) is 4.90 Å². The molecular weight excluding hydrogens is 246 g/mol. The minimum absolute atomic E-state index is 0.0965. The summed E-state index contributed by atoms with van der Waals surface area (Å²) in [5.41, 5.74) is 0.381. The molecule has 4 unspecified atom stereocenters. The predicted octanol–water partition coefficient (Wildman–Crippen LogP) is 4.22. The van der Waals surface area contributed by atoms with Crippen molar-refractivity contribution in [2.75, 3.05) is 6.54 Å². The Bertz CT molecular complexity index is 296. The molecule has 118 valence electrons. The van der Waals surface area contributed by atoms with E-state index in [1.165, 1.54) is 51.5 Å². The van der Waals surface area contributed by atoms with Crippen LogP contribution in [0.25, 0.3) is 0 Å². The fourth-order valence-electron chi connectivity index (χ4n) is 4.35. The highest BCUT2D eigenvalue weighted by Gasteiger charge is 2.39. The SMILES string of the molecule is CCC1CCCCCN1C1CC(C(C)(C)C)CCC1O. The van der Waals surface area contributed by atoms with Gasteiger partial charge in [-0.15, -0.1) is 0 Å². The van der Waals surface area contributed by atoms with E-state index >= 15 is 0 Å². The molecule has 0 amide bonds. The summed E-state index contributed by atoms with van der Waals surface area (Å²) in [6.45, 7) is 10.6. The van der Waals surface area contributed by atoms with E-state index < -0.39 is 0 Å². The zero-order valence-corrected chi connectivity index (χ0v) is 14.1. The van der Waals surface area contributed by atoms with Crippen LogP contribution in [0.2, 0.25) is 0 Å². The maximum absolute atomic E-state index is 10.6. The monoisotopic (exact) mass is 281 g/mol. The van der Waals surface area contributed by atoms with Crippen molar-refractivity contribution in [1.29, 1.82) is 0 Å². The molecule has 1 saturated heterocycles. The first kappa shape index (κ1) is 16.3. The Hall–Kier alpha value is -0.0800. The second-order valence-electron chi connectivity index (χ2n) is 8.16. The van der Waals surface area contributed by atoms with Gasteiger partial charge in [0.05, 0.1) is 6.10 Å². The molecule has 20 heavy (non-hydrogen) atoms. The molecule has 0 spiro atoms. The molecule has 0 aromatic heterocycles. The molecule has 0 radical (unpaired) electrons. The first-order valence-electron chi connectivity index (χ1n) is 8.87. The lowest BCUT2D eigenvalue weighted by molar-refractivity contribution is -0.0332. The second kappa shape index (κ2) is 6.79. The number of aliphatic hydroxyl groups excluding tert-OH is 1. The molecule has 0 aromatic carbocycles. The molecule has 1 saturated carbocycles. The second-order valence-corrected chi connectivity index (χ2v) is 8.16. The fraction of sp³-hybridized carbons (Fsp3) is 1.00. The Balaban J connectivity index is 2.10. The number of rotatable bonds is 2. The van der Waals surface area contributed by atoms with Gasteiger partial charge in [-0.2, -0.15) is 0 Å². The van der Waals surface area contributed by atoms with Crippen molar-refractivity contribution in [2.45, 2.75) is 97.2 Å². The van der Waals surface area contributed by atoms with Crippen LogP contribution in [0.4, 0.5) is 0 Å². The smallest absolute Gasteiger partial charge is 0.0695 e. The van der Waals surface area contributed by atoms with Gasteiger partial charge in [-0.3, -0.25) is 4.90 Å². The fourth-order valence-corrected chi connectivity index (χ4v) is 4.35. The first-order chi connectivity index (χ1) is 9.43. The van der Waals surface area contributed by atoms with Gasteiger partial charge in [0.15, 0.2) is 0 Å². The molecule has 2 nitrogen and oxygen atoms in total. The average Bonchev–Trinajstić information content (AvgIpc) is 2.62. The number of hydrogen-bond acceptors (Lipinski definition) is 2. The molecule has 1 N–H and O–H groups in total. The molecule has 0 bridgehead atoms. The molecule has 2 rings (SSSR count). The van der Waals surface area contributed by atoms with Gasteiger partial charge in [-0.25, -0.2) is 0 Å². The summed E-state index contributed by atoms with van der Waals surface area (Å²) in [5.74, 6) is 0.761. The van der Waals surface area contributed by atoms with Crippen molar-refractivity contribution >= 4 is 0 Å². The molecule has 0 aromatic rings. The molecule has 1 heterocycles. The summed E-state index contributed by atoms with van der Waals surface area (Å²) >= 11 is 0. The number of hydrogen-bond donors (Lipinski definition) is 1. The lowest BCUT2D eigenvalue weighted by Gasteiger charge is -2.46. The summed E-state index contributed by atoms with van der Waals surface area (Å²) in [6.07, 6.45) is 9.94. The van der Waals surface area contributed by atoms with Gasteiger partial charge in [-0.05, 0) is 56.4 Å². The molecular formula is C18H35NO. The van der Waals surface area contributed by atoms with Gasteiger partial charge in [0, 0.05) is 12.1 Å². The van der Waals surface area contributed by atoms with Crippen molar-refractivity contribution in [2.24, 2.45) is 11.3 Å². The minimum Gasteiger partial charge on any atom is -0.391 e. The highest BCUT2D eigenvalue weighted by molar-refractivity contribution is 4.93. The van der Waals surface area contributed by atoms with Crippen LogP contribution in [-0.4, -0.2) is 34.7 Å². The molecule has 2 fully saturated rings. The largest absolute Gasteiger partial charge is 0.391 e. The maximum Gasteiger partial charge on any atom is 0.0695 e. The van der Waals surface area contributed by atoms with Gasteiger partial charge in [0.1, 0.15) is 0 Å². The highest BCUT2D eigenvalue weighted by Crippen LogP contribution is 2.40. The Labute approximate surface area is 125 Å². The standard InChI is InChI=1S/C18H35NO/c1-5-15-9-7-6-8-12-19(15)16-13-14(18(2,3)4)10-11-17(16)20/h14-17,20H,5-13H2,1-4H3. The number of nitrogens with zero attached hydrogens (tertiary/aromatic N) is 1. The normalized spacial score (nSPS) is 37.6. The van der Waals surface area contributed by atoms with Crippen LogP contribution < -0.4 is 0 Å². The van der Waals surface area contributed by atoms with Crippen LogP contribution >= 0.6 is 0 Å². The number of aliphatic hydroxyl groups is 1. The van der Waals surface area contributed by atoms with Crippen molar-refractivity contribution in [3.63, 3.8) is 0 Å². The van der Waals surface area contributed by atoms with Crippen LogP contribution in [0.5, 0.6) is 0 Å². The molecule has 1 aliphatic carbocycles. The minimum atomic E-state index is -0.0965. The van der Waals surface area contributed by atoms with Gasteiger partial charge >= 0.3 is 0 Å². The van der Waals surface area contributed by atoms with E-state index in [1.54, 1.807) is 0 Å². The lowest BCUT2D eigenvalue weighted by atomic mass is 9.69. The topological polar surface area (TPSA) is 23.5 Å². The molecule has 2 heteroatoms. The quantitative estimate of drug-likeness (QED) is 0.819. The third-order valence-corrected chi connectivity index (χ3v) is 5.83. The van der Waals surface area contributed by atoms with Gasteiger partial charge in [0.2, 0.25) is 0 Å². The van der Waals surface area contributed by atoms with Gasteiger partial charge in [-0.1, -0.05) is 40.5 Å². The van der Waals surface area contributed by atoms with E-state index in [9.17, 15) is 5.11 Å². The van der Waals surface area contributed by atoms with E-state index in [2.05, 4.69) is 32.6 Å². The Morgan fingerprint density at radius 3 is 2.45 bits per heavy atom. The van der Waals surface area contributed by atoms with Crippen LogP contribution in [0, 0.1) is 11.3 Å². The number of likely N-dealkylation sites (tertiary alicyclic amines) is 1. The van der Waals surface area contributed by atoms with Gasteiger partial charge in [0.25, 0.3) is 0 Å². The van der Waals surface area contributed by atoms with Crippen LogP contribution in [-0.2, 0) is 0 Å². The van der Waals surface area contributed by atoms with E-state index in [4.69, 9.17) is 0 Å². The molecule has 2 aliphatic rings. The third kappa shape index (κ3) is 3.76. The summed E-state index contributed by atoms with van der Waals surface area (Å²) < 4.78 is 0. The van der Waals surface area contributed by atoms with Crippen molar-refractivity contribution < 1.29 is 5.11 Å². The highest BCUT2D eigenvalue weighted by atomic mass is 16.3. The van der Waals surface area contributed by atoms with Crippen LogP contribution in [0.15, 0.2) is 0 Å². The third-order valence-electron chi connectivity index (χ3n) is 5.83. The van der Waals surface area contributed by atoms with Crippen molar-refractivity contribution in [3.05, 3.63) is 0 Å². The lowest BCUT2D eigenvalue weighted by Crippen LogP contribution is -2.52. The van der Waals surface area contributed by atoms with Crippen molar-refractivity contribution in [3.8, 4) is 0 Å². The Kier molecular flexibility index (Phi) is 5.53. The van der Waals surface area contributed by atoms with E-state index in [0.717, 1.165) is 12.3 Å². The van der Waals surface area contributed by atoms with Gasteiger partial charge < -0.3 is 5.11 Å². The summed E-state index contributed by atoms with van der Waals surface area (Å²) in [6, 6.07) is 1.12. The molecule has 4 atom stereocenters. The zero-order chi connectivity index (χ0) is 14.8. The van der Waals surface area contributed by atoms with E-state index in [-0.39, 0.29) is 6.10 Å². The summed E-state index contributed by atoms with van der Waals surface area (Å²) in [4.78, 5) is 2.69. The Morgan fingerprint density at radius 1 is 1.05 bits per heavy atom. The maximum atomic E-state index is 10.6. The summed E-state index contributed by atoms with van der Waals surface area (Å²) in [7, 11) is 0.